The first-order valence-corrected chi connectivity index (χ1v) is 8.00. The van der Waals surface area contributed by atoms with Gasteiger partial charge in [0.15, 0.2) is 0 Å². The van der Waals surface area contributed by atoms with E-state index in [1.54, 1.807) is 23.1 Å². The number of benzene rings is 1. The van der Waals surface area contributed by atoms with E-state index in [0.717, 1.165) is 24.1 Å². The van der Waals surface area contributed by atoms with Crippen LogP contribution in [0.4, 0.5) is 0 Å². The minimum atomic E-state index is -3.48. The molecule has 0 spiro atoms. The molecule has 0 aliphatic carbocycles. The summed E-state index contributed by atoms with van der Waals surface area (Å²) in [6, 6.07) is 5.01. The second kappa shape index (κ2) is 5.06. The summed E-state index contributed by atoms with van der Waals surface area (Å²) in [7, 11) is -3.48. The zero-order chi connectivity index (χ0) is 14.2. The van der Waals surface area contributed by atoms with Crippen LogP contribution in [0.2, 0.25) is 0 Å². The van der Waals surface area contributed by atoms with E-state index in [2.05, 4.69) is 0 Å². The Morgan fingerprint density at radius 1 is 1.15 bits per heavy atom. The van der Waals surface area contributed by atoms with Crippen molar-refractivity contribution in [3.63, 3.8) is 0 Å². The molecule has 0 radical (unpaired) electrons. The van der Waals surface area contributed by atoms with Gasteiger partial charge in [-0.05, 0) is 23.8 Å². The molecule has 20 heavy (non-hydrogen) atoms. The topological polar surface area (TPSA) is 66.9 Å². The summed E-state index contributed by atoms with van der Waals surface area (Å²) >= 11 is 0. The zero-order valence-electron chi connectivity index (χ0n) is 11.0. The summed E-state index contributed by atoms with van der Waals surface area (Å²) < 4.78 is 31.9. The summed E-state index contributed by atoms with van der Waals surface area (Å²) in [5, 5.41) is 0. The number of piperazine rings is 1. The Morgan fingerprint density at radius 3 is 2.60 bits per heavy atom. The summed E-state index contributed by atoms with van der Waals surface area (Å²) in [4.78, 5) is 12.6. The van der Waals surface area contributed by atoms with E-state index < -0.39 is 10.0 Å². The van der Waals surface area contributed by atoms with Gasteiger partial charge in [-0.1, -0.05) is 0 Å². The van der Waals surface area contributed by atoms with Gasteiger partial charge in [0.25, 0.3) is 0 Å². The second-order valence-electron chi connectivity index (χ2n) is 4.91. The molecule has 1 fully saturated rings. The van der Waals surface area contributed by atoms with Crippen molar-refractivity contribution in [2.45, 2.75) is 11.3 Å². The highest BCUT2D eigenvalue weighted by Gasteiger charge is 2.29. The van der Waals surface area contributed by atoms with Crippen molar-refractivity contribution in [1.82, 2.24) is 9.21 Å². The maximum Gasteiger partial charge on any atom is 0.243 e. The number of carbonyl (C=O) groups is 1. The lowest BCUT2D eigenvalue weighted by atomic mass is 10.2. The predicted molar refractivity (Wildman–Crippen MR) is 72.0 cm³/mol. The highest BCUT2D eigenvalue weighted by atomic mass is 32.2. The fourth-order valence-electron chi connectivity index (χ4n) is 2.52. The van der Waals surface area contributed by atoms with Gasteiger partial charge in [0.05, 0.1) is 11.5 Å². The molecule has 6 nitrogen and oxygen atoms in total. The maximum atomic E-state index is 12.6. The fraction of sp³-hybridized carbons (Fsp3) is 0.462. The molecule has 1 aromatic rings. The first kappa shape index (κ1) is 13.4. The molecule has 1 saturated heterocycles. The van der Waals surface area contributed by atoms with Gasteiger partial charge in [0, 0.05) is 32.6 Å². The van der Waals surface area contributed by atoms with Gasteiger partial charge in [-0.25, -0.2) is 8.42 Å². The lowest BCUT2D eigenvalue weighted by molar-refractivity contribution is -0.119. The monoisotopic (exact) mass is 296 g/mol. The minimum absolute atomic E-state index is 0.307. The largest absolute Gasteiger partial charge is 0.493 e. The summed E-state index contributed by atoms with van der Waals surface area (Å²) in [5.74, 6) is 0.773. The van der Waals surface area contributed by atoms with Gasteiger partial charge in [0.2, 0.25) is 16.4 Å². The maximum absolute atomic E-state index is 12.6. The third kappa shape index (κ3) is 2.27. The molecule has 0 unspecified atom stereocenters. The first-order chi connectivity index (χ1) is 9.61. The van der Waals surface area contributed by atoms with Crippen LogP contribution < -0.4 is 4.74 Å². The number of amides is 1. The van der Waals surface area contributed by atoms with E-state index in [1.165, 1.54) is 4.31 Å². The van der Waals surface area contributed by atoms with Gasteiger partial charge in [-0.3, -0.25) is 4.79 Å². The molecule has 1 aromatic carbocycles. The van der Waals surface area contributed by atoms with Crippen molar-refractivity contribution in [3.05, 3.63) is 23.8 Å². The number of hydrogen-bond donors (Lipinski definition) is 0. The molecular weight excluding hydrogens is 280 g/mol. The molecule has 0 aromatic heterocycles. The molecule has 0 bridgehead atoms. The molecule has 7 heteroatoms. The molecule has 2 aliphatic rings. The first-order valence-electron chi connectivity index (χ1n) is 6.56. The average molecular weight is 296 g/mol. The van der Waals surface area contributed by atoms with Crippen LogP contribution in [-0.2, 0) is 21.2 Å². The summed E-state index contributed by atoms with van der Waals surface area (Å²) in [6.45, 7) is 2.17. The molecule has 0 atom stereocenters. The number of nitrogens with zero attached hydrogens (tertiary/aromatic N) is 2. The number of carbonyl (C=O) groups excluding carboxylic acids is 1. The number of hydrogen-bond acceptors (Lipinski definition) is 4. The Labute approximate surface area is 118 Å². The van der Waals surface area contributed by atoms with Crippen LogP contribution in [0.1, 0.15) is 5.56 Å². The SMILES string of the molecule is O=CN1CCN(S(=O)(=O)c2ccc3c(c2)CCO3)CC1. The highest BCUT2D eigenvalue weighted by Crippen LogP contribution is 2.29. The standard InChI is InChI=1S/C13H16N2O4S/c16-10-14-4-6-15(7-5-14)20(17,18)12-1-2-13-11(9-12)3-8-19-13/h1-2,9-10H,3-8H2. The number of ether oxygens (including phenoxy) is 1. The molecule has 108 valence electrons. The Kier molecular flexibility index (Phi) is 3.39. The van der Waals surface area contributed by atoms with Crippen LogP contribution in [0.5, 0.6) is 5.75 Å². The Balaban J connectivity index is 1.83. The lowest BCUT2D eigenvalue weighted by Crippen LogP contribution is -2.47. The third-order valence-electron chi connectivity index (χ3n) is 3.72. The van der Waals surface area contributed by atoms with Crippen molar-refractivity contribution in [2.24, 2.45) is 0 Å². The van der Waals surface area contributed by atoms with Crippen LogP contribution in [0, 0.1) is 0 Å². The molecule has 2 aliphatic heterocycles. The Morgan fingerprint density at radius 2 is 1.90 bits per heavy atom. The smallest absolute Gasteiger partial charge is 0.243 e. The van der Waals surface area contributed by atoms with Crippen molar-refractivity contribution in [3.8, 4) is 5.75 Å². The Bertz CT molecular complexity index is 621. The molecule has 3 rings (SSSR count). The number of sulfonamides is 1. The molecule has 2 heterocycles. The van der Waals surface area contributed by atoms with E-state index in [4.69, 9.17) is 4.74 Å². The average Bonchev–Trinajstić information content (AvgIpc) is 2.94. The molecule has 0 saturated carbocycles. The van der Waals surface area contributed by atoms with Crippen LogP contribution in [-0.4, -0.2) is 56.8 Å². The van der Waals surface area contributed by atoms with Crippen molar-refractivity contribution >= 4 is 16.4 Å². The van der Waals surface area contributed by atoms with E-state index >= 15 is 0 Å². The van der Waals surface area contributed by atoms with Gasteiger partial charge >= 0.3 is 0 Å². The van der Waals surface area contributed by atoms with Crippen LogP contribution in [0.3, 0.4) is 0 Å². The predicted octanol–water partition coefficient (Wildman–Crippen LogP) is 0.0842. The van der Waals surface area contributed by atoms with Crippen molar-refractivity contribution in [2.75, 3.05) is 32.8 Å². The van der Waals surface area contributed by atoms with Crippen molar-refractivity contribution < 1.29 is 17.9 Å². The zero-order valence-corrected chi connectivity index (χ0v) is 11.8. The summed E-state index contributed by atoms with van der Waals surface area (Å²) in [6.07, 6.45) is 1.51. The second-order valence-corrected chi connectivity index (χ2v) is 6.85. The van der Waals surface area contributed by atoms with E-state index in [9.17, 15) is 13.2 Å². The number of rotatable bonds is 3. The van der Waals surface area contributed by atoms with Crippen LogP contribution in [0.15, 0.2) is 23.1 Å². The van der Waals surface area contributed by atoms with Gasteiger partial charge in [-0.15, -0.1) is 0 Å². The third-order valence-corrected chi connectivity index (χ3v) is 5.62. The summed E-state index contributed by atoms with van der Waals surface area (Å²) in [5.41, 5.74) is 0.942. The van der Waals surface area contributed by atoms with Crippen LogP contribution in [0.25, 0.3) is 0 Å². The van der Waals surface area contributed by atoms with E-state index in [-0.39, 0.29) is 0 Å². The van der Waals surface area contributed by atoms with Gasteiger partial charge in [-0.2, -0.15) is 4.31 Å². The minimum Gasteiger partial charge on any atom is -0.493 e. The normalized spacial score (nSPS) is 19.5. The van der Waals surface area contributed by atoms with Gasteiger partial charge < -0.3 is 9.64 Å². The van der Waals surface area contributed by atoms with Crippen molar-refractivity contribution in [1.29, 1.82) is 0 Å². The fourth-order valence-corrected chi connectivity index (χ4v) is 4.00. The number of fused-ring (bicyclic) bond motifs is 1. The van der Waals surface area contributed by atoms with E-state index in [0.29, 0.717) is 37.7 Å². The highest BCUT2D eigenvalue weighted by molar-refractivity contribution is 7.89. The van der Waals surface area contributed by atoms with Gasteiger partial charge in [0.1, 0.15) is 5.75 Å². The lowest BCUT2D eigenvalue weighted by Gasteiger charge is -2.31. The van der Waals surface area contributed by atoms with Crippen LogP contribution >= 0.6 is 0 Å². The van der Waals surface area contributed by atoms with E-state index in [1.807, 2.05) is 0 Å². The molecule has 1 amide bonds. The molecule has 0 N–H and O–H groups in total. The quantitative estimate of drug-likeness (QED) is 0.741. The Hall–Kier alpha value is -1.60. The molecular formula is C13H16N2O4S.